The predicted octanol–water partition coefficient (Wildman–Crippen LogP) is 6.34. The Labute approximate surface area is 193 Å². The quantitative estimate of drug-likeness (QED) is 0.140. The van der Waals surface area contributed by atoms with Crippen molar-refractivity contribution in [1.82, 2.24) is 0 Å². The van der Waals surface area contributed by atoms with E-state index in [-0.39, 0.29) is 18.0 Å². The number of unbranched alkanes of at least 4 members (excludes halogenated alkanes) is 8. The third-order valence-corrected chi connectivity index (χ3v) is 5.51. The lowest BCUT2D eigenvalue weighted by molar-refractivity contribution is -0.138. The number of rotatable bonds is 18. The van der Waals surface area contributed by atoms with Gasteiger partial charge in [-0.25, -0.2) is 0 Å². The minimum atomic E-state index is -1.11. The van der Waals surface area contributed by atoms with E-state index in [4.69, 9.17) is 10.8 Å². The molecule has 4 N–H and O–H groups in total. The van der Waals surface area contributed by atoms with E-state index < -0.39 is 12.0 Å². The fourth-order valence-corrected chi connectivity index (χ4v) is 3.56. The number of nitrogens with two attached hydrogens (primary N) is 1. The molecule has 0 amide bonds. The molecule has 0 aliphatic rings. The summed E-state index contributed by atoms with van der Waals surface area (Å²) in [6.07, 6.45) is 21.8. The monoisotopic (exact) mass is 443 g/mol. The van der Waals surface area contributed by atoms with E-state index in [1.165, 1.54) is 37.8 Å². The first-order valence-electron chi connectivity index (χ1n) is 12.1. The van der Waals surface area contributed by atoms with Crippen LogP contribution < -0.4 is 5.73 Å². The van der Waals surface area contributed by atoms with Gasteiger partial charge in [0.2, 0.25) is 0 Å². The second-order valence-corrected chi connectivity index (χ2v) is 8.39. The number of ketones is 1. The smallest absolute Gasteiger partial charge is 0.320 e. The highest BCUT2D eigenvalue weighted by molar-refractivity contribution is 5.98. The van der Waals surface area contributed by atoms with Gasteiger partial charge in [0.25, 0.3) is 0 Å². The number of carboxylic acid groups (broad SMARTS) is 1. The zero-order valence-corrected chi connectivity index (χ0v) is 19.6. The molecule has 0 heterocycles. The molecule has 1 aromatic rings. The Morgan fingerprint density at radius 3 is 2.22 bits per heavy atom. The maximum absolute atomic E-state index is 12.6. The van der Waals surface area contributed by atoms with E-state index in [0.717, 1.165) is 44.9 Å². The highest BCUT2D eigenvalue weighted by atomic mass is 16.4. The summed E-state index contributed by atoms with van der Waals surface area (Å²) in [6, 6.07) is 3.39. The standard InChI is InChI=1S/C27H41NO4/c1-2-3-4-5-6-7-8-9-10-11-12-13-14-15-16-17-26(30)24-21-23(29)19-18-22(24)20-25(28)27(31)32/h6-7,9-10,18-19,21,25,29H,2-5,8,11-17,20,28H2,1H3,(H,31,32)/b7-6-,10-9-/t25-/m0/s1. The first-order chi connectivity index (χ1) is 15.5. The Bertz CT molecular complexity index is 739. The Hall–Kier alpha value is -2.40. The lowest BCUT2D eigenvalue weighted by Gasteiger charge is -2.12. The van der Waals surface area contributed by atoms with Gasteiger partial charge in [0, 0.05) is 12.0 Å². The van der Waals surface area contributed by atoms with Crippen LogP contribution in [0.3, 0.4) is 0 Å². The summed E-state index contributed by atoms with van der Waals surface area (Å²) in [4.78, 5) is 23.6. The van der Waals surface area contributed by atoms with Crippen LogP contribution >= 0.6 is 0 Å². The van der Waals surface area contributed by atoms with Gasteiger partial charge in [0.1, 0.15) is 11.8 Å². The van der Waals surface area contributed by atoms with Gasteiger partial charge >= 0.3 is 5.97 Å². The van der Waals surface area contributed by atoms with Gasteiger partial charge in [0.15, 0.2) is 5.78 Å². The van der Waals surface area contributed by atoms with Crippen molar-refractivity contribution in [2.24, 2.45) is 5.73 Å². The molecule has 1 aromatic carbocycles. The minimum absolute atomic E-state index is 0.000958. The molecule has 0 unspecified atom stereocenters. The summed E-state index contributed by atoms with van der Waals surface area (Å²) in [5, 5.41) is 18.7. The van der Waals surface area contributed by atoms with E-state index in [1.54, 1.807) is 6.07 Å². The fourth-order valence-electron chi connectivity index (χ4n) is 3.56. The molecular formula is C27H41NO4. The highest BCUT2D eigenvalue weighted by Crippen LogP contribution is 2.21. The van der Waals surface area contributed by atoms with Gasteiger partial charge in [-0.1, -0.05) is 69.4 Å². The summed E-state index contributed by atoms with van der Waals surface area (Å²) in [7, 11) is 0. The summed E-state index contributed by atoms with van der Waals surface area (Å²) < 4.78 is 0. The van der Waals surface area contributed by atoms with E-state index in [9.17, 15) is 14.7 Å². The van der Waals surface area contributed by atoms with E-state index >= 15 is 0 Å². The number of carbonyl (C=O) groups excluding carboxylic acids is 1. The third-order valence-electron chi connectivity index (χ3n) is 5.51. The number of hydrogen-bond acceptors (Lipinski definition) is 4. The average Bonchev–Trinajstić information content (AvgIpc) is 2.77. The SMILES string of the molecule is CCCCC/C=C\C/C=C\CCCCCCCC(=O)c1cc(O)ccc1C[C@H](N)C(=O)O. The van der Waals surface area contributed by atoms with Crippen molar-refractivity contribution in [2.45, 2.75) is 96.4 Å². The molecule has 5 heteroatoms. The van der Waals surface area contributed by atoms with E-state index in [0.29, 0.717) is 17.5 Å². The lowest BCUT2D eigenvalue weighted by atomic mass is 9.95. The van der Waals surface area contributed by atoms with Crippen LogP contribution in [-0.4, -0.2) is 28.0 Å². The van der Waals surface area contributed by atoms with Gasteiger partial charge < -0.3 is 15.9 Å². The predicted molar refractivity (Wildman–Crippen MR) is 131 cm³/mol. The molecule has 0 aromatic heterocycles. The molecule has 1 rings (SSSR count). The van der Waals surface area contributed by atoms with Gasteiger partial charge in [-0.15, -0.1) is 0 Å². The molecule has 32 heavy (non-hydrogen) atoms. The Morgan fingerprint density at radius 1 is 0.938 bits per heavy atom. The van der Waals surface area contributed by atoms with Crippen LogP contribution in [0.15, 0.2) is 42.5 Å². The summed E-state index contributed by atoms with van der Waals surface area (Å²) in [5.41, 5.74) is 6.57. The second kappa shape index (κ2) is 17.2. The minimum Gasteiger partial charge on any atom is -0.508 e. The normalized spacial score (nSPS) is 12.6. The van der Waals surface area contributed by atoms with Gasteiger partial charge in [-0.05, 0) is 62.6 Å². The summed E-state index contributed by atoms with van der Waals surface area (Å²) >= 11 is 0. The van der Waals surface area contributed by atoms with Crippen molar-refractivity contribution in [2.75, 3.05) is 0 Å². The van der Waals surface area contributed by atoms with Gasteiger partial charge in [-0.3, -0.25) is 9.59 Å². The molecule has 0 radical (unpaired) electrons. The Balaban J connectivity index is 2.21. The van der Waals surface area contributed by atoms with Crippen LogP contribution in [0.2, 0.25) is 0 Å². The van der Waals surface area contributed by atoms with E-state index in [1.807, 2.05) is 0 Å². The van der Waals surface area contributed by atoms with Crippen molar-refractivity contribution >= 4 is 11.8 Å². The van der Waals surface area contributed by atoms with Crippen LogP contribution in [0.25, 0.3) is 0 Å². The number of benzene rings is 1. The Morgan fingerprint density at radius 2 is 1.56 bits per heavy atom. The Kier molecular flexibility index (Phi) is 14.8. The first kappa shape index (κ1) is 27.6. The number of phenolic OH excluding ortho intramolecular Hbond substituents is 1. The summed E-state index contributed by atoms with van der Waals surface area (Å²) in [6.45, 7) is 2.22. The van der Waals surface area contributed by atoms with Crippen LogP contribution in [0.5, 0.6) is 5.75 Å². The van der Waals surface area contributed by atoms with Crippen LogP contribution in [0.4, 0.5) is 0 Å². The average molecular weight is 444 g/mol. The molecule has 1 atom stereocenters. The number of phenols is 1. The number of Topliss-reactive ketones (excluding diaryl/α,β-unsaturated/α-hetero) is 1. The number of aliphatic carboxylic acids is 1. The molecular weight excluding hydrogens is 402 g/mol. The first-order valence-corrected chi connectivity index (χ1v) is 12.1. The maximum Gasteiger partial charge on any atom is 0.320 e. The molecule has 0 aliphatic heterocycles. The molecule has 0 bridgehead atoms. The molecule has 0 saturated heterocycles. The van der Waals surface area contributed by atoms with E-state index in [2.05, 4.69) is 31.2 Å². The number of carboxylic acids is 1. The lowest BCUT2D eigenvalue weighted by Crippen LogP contribution is -2.32. The number of allylic oxidation sites excluding steroid dienone is 4. The highest BCUT2D eigenvalue weighted by Gasteiger charge is 2.18. The zero-order chi connectivity index (χ0) is 23.6. The maximum atomic E-state index is 12.6. The van der Waals surface area contributed by atoms with Crippen molar-refractivity contribution < 1.29 is 19.8 Å². The number of aromatic hydroxyl groups is 1. The van der Waals surface area contributed by atoms with Crippen molar-refractivity contribution in [1.29, 1.82) is 0 Å². The van der Waals surface area contributed by atoms with Gasteiger partial charge in [0.05, 0.1) is 0 Å². The molecule has 0 saturated carbocycles. The largest absolute Gasteiger partial charge is 0.508 e. The van der Waals surface area contributed by atoms with Crippen molar-refractivity contribution in [3.63, 3.8) is 0 Å². The second-order valence-electron chi connectivity index (χ2n) is 8.39. The van der Waals surface area contributed by atoms with Crippen molar-refractivity contribution in [3.8, 4) is 5.75 Å². The molecule has 0 aliphatic carbocycles. The molecule has 0 fully saturated rings. The van der Waals surface area contributed by atoms with Crippen LogP contribution in [-0.2, 0) is 11.2 Å². The molecule has 178 valence electrons. The fraction of sp³-hybridized carbons (Fsp3) is 0.556. The topological polar surface area (TPSA) is 101 Å². The molecule has 0 spiro atoms. The third kappa shape index (κ3) is 12.5. The summed E-state index contributed by atoms with van der Waals surface area (Å²) in [5.74, 6) is -1.18. The van der Waals surface area contributed by atoms with Gasteiger partial charge in [-0.2, -0.15) is 0 Å². The van der Waals surface area contributed by atoms with Crippen molar-refractivity contribution in [3.05, 3.63) is 53.6 Å². The van der Waals surface area contributed by atoms with Crippen LogP contribution in [0.1, 0.15) is 99.9 Å². The number of hydrogen-bond donors (Lipinski definition) is 3. The van der Waals surface area contributed by atoms with Crippen LogP contribution in [0, 0.1) is 0 Å². The number of carbonyl (C=O) groups is 2. The molecule has 5 nitrogen and oxygen atoms in total. The zero-order valence-electron chi connectivity index (χ0n) is 19.6.